The smallest absolute Gasteiger partial charge is 0.255 e. The fourth-order valence-corrected chi connectivity index (χ4v) is 4.80. The summed E-state index contributed by atoms with van der Waals surface area (Å²) in [4.78, 5) is 30.3. The van der Waals surface area contributed by atoms with Gasteiger partial charge >= 0.3 is 0 Å². The average Bonchev–Trinajstić information content (AvgIpc) is 2.68. The van der Waals surface area contributed by atoms with Crippen LogP contribution in [-0.2, 0) is 9.53 Å². The molecule has 2 aliphatic heterocycles. The van der Waals surface area contributed by atoms with Crippen molar-refractivity contribution in [2.24, 2.45) is 5.41 Å². The zero-order valence-electron chi connectivity index (χ0n) is 15.7. The summed E-state index contributed by atoms with van der Waals surface area (Å²) in [6, 6.07) is 7.83. The first kappa shape index (κ1) is 19.2. The Morgan fingerprint density at radius 2 is 2.08 bits per heavy atom. The Bertz CT molecular complexity index is 666. The van der Waals surface area contributed by atoms with Crippen molar-refractivity contribution in [1.29, 1.82) is 0 Å². The van der Waals surface area contributed by atoms with E-state index in [2.05, 4.69) is 0 Å². The molecule has 2 heterocycles. The summed E-state index contributed by atoms with van der Waals surface area (Å²) >= 11 is 1.61. The van der Waals surface area contributed by atoms with Gasteiger partial charge in [0.1, 0.15) is 0 Å². The maximum atomic E-state index is 13.1. The second-order valence-corrected chi connectivity index (χ2v) is 8.19. The van der Waals surface area contributed by atoms with Crippen LogP contribution in [0.5, 0.6) is 0 Å². The number of carbonyl (C=O) groups excluding carboxylic acids is 2. The van der Waals surface area contributed by atoms with Gasteiger partial charge in [-0.3, -0.25) is 9.59 Å². The predicted molar refractivity (Wildman–Crippen MR) is 103 cm³/mol. The number of rotatable bonds is 5. The molecule has 1 aromatic rings. The monoisotopic (exact) mass is 376 g/mol. The number of hydrogen-bond donors (Lipinski definition) is 0. The second kappa shape index (κ2) is 8.44. The molecule has 0 saturated carbocycles. The van der Waals surface area contributed by atoms with Crippen LogP contribution in [0.15, 0.2) is 29.2 Å². The highest BCUT2D eigenvalue weighted by atomic mass is 32.2. The van der Waals surface area contributed by atoms with E-state index in [4.69, 9.17) is 4.74 Å². The van der Waals surface area contributed by atoms with E-state index < -0.39 is 0 Å². The fraction of sp³-hybridized carbons (Fsp3) is 0.600. The maximum absolute atomic E-state index is 13.1. The molecule has 0 aliphatic carbocycles. The molecule has 6 heteroatoms. The van der Waals surface area contributed by atoms with Crippen molar-refractivity contribution >= 4 is 23.6 Å². The van der Waals surface area contributed by atoms with Gasteiger partial charge < -0.3 is 14.5 Å². The van der Waals surface area contributed by atoms with Gasteiger partial charge in [-0.15, -0.1) is 11.8 Å². The predicted octanol–water partition coefficient (Wildman–Crippen LogP) is 2.90. The van der Waals surface area contributed by atoms with Crippen molar-refractivity contribution in [3.05, 3.63) is 29.8 Å². The molecule has 0 aromatic heterocycles. The molecule has 1 aromatic carbocycles. The summed E-state index contributed by atoms with van der Waals surface area (Å²) in [6.45, 7) is 3.48. The first-order chi connectivity index (χ1) is 12.6. The minimum atomic E-state index is 0.0316. The summed E-state index contributed by atoms with van der Waals surface area (Å²) in [5.41, 5.74) is 0.823. The molecule has 0 bridgehead atoms. The lowest BCUT2D eigenvalue weighted by molar-refractivity contribution is -0.139. The van der Waals surface area contributed by atoms with E-state index in [1.807, 2.05) is 40.3 Å². The Hall–Kier alpha value is -1.53. The number of amides is 2. The molecule has 1 atom stereocenters. The molecular formula is C20H28N2O3S. The largest absolute Gasteiger partial charge is 0.383 e. The van der Waals surface area contributed by atoms with Crippen LogP contribution in [0.4, 0.5) is 0 Å². The molecular weight excluding hydrogens is 348 g/mol. The normalized spacial score (nSPS) is 23.5. The fourth-order valence-electron chi connectivity index (χ4n) is 4.21. The van der Waals surface area contributed by atoms with Gasteiger partial charge in [-0.25, -0.2) is 0 Å². The number of carbonyl (C=O) groups is 2. The van der Waals surface area contributed by atoms with E-state index in [-0.39, 0.29) is 17.2 Å². The van der Waals surface area contributed by atoms with Gasteiger partial charge in [-0.05, 0) is 37.7 Å². The Balaban J connectivity index is 1.74. The van der Waals surface area contributed by atoms with Crippen molar-refractivity contribution in [1.82, 2.24) is 9.80 Å². The van der Waals surface area contributed by atoms with Gasteiger partial charge in [-0.1, -0.05) is 12.1 Å². The molecule has 5 nitrogen and oxygen atoms in total. The van der Waals surface area contributed by atoms with Gasteiger partial charge in [0, 0.05) is 50.0 Å². The molecule has 0 N–H and O–H groups in total. The minimum absolute atomic E-state index is 0.0316. The minimum Gasteiger partial charge on any atom is -0.383 e. The summed E-state index contributed by atoms with van der Waals surface area (Å²) in [5, 5.41) is 0. The standard InChI is InChI=1S/C20H28N2O3S/c1-25-13-12-21-14-20(10-8-18(21)23)9-5-11-22(15-20)19(24)16-6-3-4-7-17(16)26-2/h3-4,6-7H,5,8-15H2,1-2H3/t20-/m0/s1. The zero-order chi connectivity index (χ0) is 18.6. The van der Waals surface area contributed by atoms with Crippen LogP contribution in [0.1, 0.15) is 36.0 Å². The van der Waals surface area contributed by atoms with Crippen molar-refractivity contribution in [3.8, 4) is 0 Å². The number of hydrogen-bond acceptors (Lipinski definition) is 4. The summed E-state index contributed by atoms with van der Waals surface area (Å²) in [7, 11) is 1.66. The number of likely N-dealkylation sites (tertiary alicyclic amines) is 2. The van der Waals surface area contributed by atoms with Crippen LogP contribution < -0.4 is 0 Å². The third-order valence-electron chi connectivity index (χ3n) is 5.60. The number of benzene rings is 1. The molecule has 3 rings (SSSR count). The third kappa shape index (κ3) is 4.07. The van der Waals surface area contributed by atoms with Crippen molar-refractivity contribution in [2.45, 2.75) is 30.6 Å². The first-order valence-electron chi connectivity index (χ1n) is 9.27. The lowest BCUT2D eigenvalue weighted by Gasteiger charge is -2.48. The lowest BCUT2D eigenvalue weighted by atomic mass is 9.73. The third-order valence-corrected chi connectivity index (χ3v) is 6.40. The zero-order valence-corrected chi connectivity index (χ0v) is 16.5. The van der Waals surface area contributed by atoms with Crippen LogP contribution in [0.2, 0.25) is 0 Å². The molecule has 2 fully saturated rings. The topological polar surface area (TPSA) is 49.9 Å². The lowest BCUT2D eigenvalue weighted by Crippen LogP contribution is -2.55. The number of ether oxygens (including phenoxy) is 1. The highest BCUT2D eigenvalue weighted by Gasteiger charge is 2.42. The highest BCUT2D eigenvalue weighted by molar-refractivity contribution is 7.98. The number of thioether (sulfide) groups is 1. The molecule has 2 saturated heterocycles. The summed E-state index contributed by atoms with van der Waals surface area (Å²) in [5.74, 6) is 0.332. The van der Waals surface area contributed by atoms with Crippen molar-refractivity contribution in [2.75, 3.05) is 46.2 Å². The van der Waals surface area contributed by atoms with Gasteiger partial charge in [0.05, 0.1) is 12.2 Å². The van der Waals surface area contributed by atoms with Gasteiger partial charge in [-0.2, -0.15) is 0 Å². The van der Waals surface area contributed by atoms with E-state index in [9.17, 15) is 9.59 Å². The number of nitrogens with zero attached hydrogens (tertiary/aromatic N) is 2. The van der Waals surface area contributed by atoms with Crippen LogP contribution in [0.3, 0.4) is 0 Å². The van der Waals surface area contributed by atoms with E-state index in [1.165, 1.54) is 0 Å². The second-order valence-electron chi connectivity index (χ2n) is 7.34. The number of methoxy groups -OCH3 is 1. The number of piperidine rings is 2. The van der Waals surface area contributed by atoms with E-state index >= 15 is 0 Å². The molecule has 0 radical (unpaired) electrons. The van der Waals surface area contributed by atoms with Crippen molar-refractivity contribution < 1.29 is 14.3 Å². The summed E-state index contributed by atoms with van der Waals surface area (Å²) in [6.07, 6.45) is 5.54. The molecule has 2 amide bonds. The van der Waals surface area contributed by atoms with Gasteiger partial charge in [0.25, 0.3) is 5.91 Å². The Morgan fingerprint density at radius 1 is 1.27 bits per heavy atom. The first-order valence-corrected chi connectivity index (χ1v) is 10.5. The quantitative estimate of drug-likeness (QED) is 0.742. The van der Waals surface area contributed by atoms with E-state index in [1.54, 1.807) is 18.9 Å². The van der Waals surface area contributed by atoms with Crippen LogP contribution in [0, 0.1) is 5.41 Å². The average molecular weight is 377 g/mol. The van der Waals surface area contributed by atoms with Gasteiger partial charge in [0.2, 0.25) is 5.91 Å². The van der Waals surface area contributed by atoms with Crippen LogP contribution in [0.25, 0.3) is 0 Å². The molecule has 26 heavy (non-hydrogen) atoms. The Kier molecular flexibility index (Phi) is 6.24. The van der Waals surface area contributed by atoms with Gasteiger partial charge in [0.15, 0.2) is 0 Å². The van der Waals surface area contributed by atoms with Crippen LogP contribution >= 0.6 is 11.8 Å². The highest BCUT2D eigenvalue weighted by Crippen LogP contribution is 2.39. The molecule has 2 aliphatic rings. The Morgan fingerprint density at radius 3 is 2.85 bits per heavy atom. The molecule has 142 valence electrons. The SMILES string of the molecule is COCCN1C[C@]2(CCCN(C(=O)c3ccccc3SC)C2)CCC1=O. The van der Waals surface area contributed by atoms with Crippen molar-refractivity contribution in [3.63, 3.8) is 0 Å². The molecule has 0 unspecified atom stereocenters. The van der Waals surface area contributed by atoms with Crippen LogP contribution in [-0.4, -0.2) is 67.8 Å². The molecule has 1 spiro atoms. The van der Waals surface area contributed by atoms with E-state index in [0.29, 0.717) is 19.6 Å². The maximum Gasteiger partial charge on any atom is 0.255 e. The van der Waals surface area contributed by atoms with E-state index in [0.717, 1.165) is 49.4 Å². The Labute approximate surface area is 160 Å². The summed E-state index contributed by atoms with van der Waals surface area (Å²) < 4.78 is 5.15.